The maximum absolute atomic E-state index is 12.1. The van der Waals surface area contributed by atoms with E-state index in [1.165, 1.54) is 48.5 Å². The Labute approximate surface area is 340 Å². The number of carboxylic acid groups (broad SMARTS) is 4. The van der Waals surface area contributed by atoms with Gasteiger partial charge in [0.25, 0.3) is 12.9 Å². The van der Waals surface area contributed by atoms with Gasteiger partial charge in [0.15, 0.2) is 0 Å². The molecule has 0 heterocycles. The van der Waals surface area contributed by atoms with E-state index in [-0.39, 0.29) is 33.8 Å². The first-order valence-corrected chi connectivity index (χ1v) is 18.0. The lowest BCUT2D eigenvalue weighted by atomic mass is 9.74. The topological polar surface area (TPSA) is 202 Å². The van der Waals surface area contributed by atoms with Crippen molar-refractivity contribution >= 4 is 36.8 Å². The molecule has 0 aliphatic carbocycles. The van der Waals surface area contributed by atoms with Gasteiger partial charge < -0.3 is 29.9 Å². The summed E-state index contributed by atoms with van der Waals surface area (Å²) < 4.78 is 10.3. The summed E-state index contributed by atoms with van der Waals surface area (Å²) in [7, 11) is 0. The van der Waals surface area contributed by atoms with Crippen LogP contribution >= 0.6 is 0 Å². The summed E-state index contributed by atoms with van der Waals surface area (Å²) in [5.74, 6) is -4.16. The highest BCUT2D eigenvalue weighted by Gasteiger charge is 2.30. The number of carbonyl (C=O) groups excluding carboxylic acids is 2. The number of carboxylic acids is 4. The summed E-state index contributed by atoms with van der Waals surface area (Å²) in [4.78, 5) is 71.0. The highest BCUT2D eigenvalue weighted by molar-refractivity contribution is 6.15. The minimum absolute atomic E-state index is 0.00296. The van der Waals surface area contributed by atoms with E-state index in [0.717, 1.165) is 0 Å². The van der Waals surface area contributed by atoms with Crippen LogP contribution in [0.3, 0.4) is 0 Å². The van der Waals surface area contributed by atoms with Crippen molar-refractivity contribution in [1.29, 1.82) is 0 Å². The molecule has 0 bridgehead atoms. The molecule has 0 saturated heterocycles. The number of ether oxygens (including phenoxy) is 2. The summed E-state index contributed by atoms with van der Waals surface area (Å²) in [5.41, 5.74) is 6.47. The first kappa shape index (κ1) is 39.6. The van der Waals surface area contributed by atoms with Crippen LogP contribution in [0.25, 0.3) is 66.8 Å². The average molecular weight is 799 g/mol. The molecule has 4 N–H and O–H groups in total. The van der Waals surface area contributed by atoms with Crippen LogP contribution < -0.4 is 9.47 Å². The van der Waals surface area contributed by atoms with Gasteiger partial charge in [-0.15, -0.1) is 0 Å². The molecule has 0 aliphatic rings. The first-order valence-electron chi connectivity index (χ1n) is 18.0. The summed E-state index contributed by atoms with van der Waals surface area (Å²) >= 11 is 0. The van der Waals surface area contributed by atoms with Gasteiger partial charge in [0.2, 0.25) is 0 Å². The molecule has 7 rings (SSSR count). The molecule has 7 aromatic rings. The molecule has 0 saturated carbocycles. The van der Waals surface area contributed by atoms with Gasteiger partial charge in [-0.05, 0) is 140 Å². The molecule has 0 aliphatic heterocycles. The molecular weight excluding hydrogens is 769 g/mol. The molecule has 0 radical (unpaired) electrons. The molecule has 7 aromatic carbocycles. The molecule has 0 spiro atoms. The van der Waals surface area contributed by atoms with Crippen molar-refractivity contribution in [3.05, 3.63) is 168 Å². The van der Waals surface area contributed by atoms with E-state index in [2.05, 4.69) is 0 Å². The number of aromatic carboxylic acids is 4. The smallest absolute Gasteiger partial charge is 0.335 e. The Hall–Kier alpha value is -8.64. The van der Waals surface area contributed by atoms with Crippen LogP contribution in [-0.2, 0) is 9.59 Å². The summed E-state index contributed by atoms with van der Waals surface area (Å²) in [6.07, 6.45) is 0. The molecule has 0 fully saturated rings. The van der Waals surface area contributed by atoms with E-state index in [1.54, 1.807) is 97.1 Å². The van der Waals surface area contributed by atoms with E-state index in [4.69, 9.17) is 9.47 Å². The number of hydrogen-bond donors (Lipinski definition) is 4. The fourth-order valence-electron chi connectivity index (χ4n) is 7.11. The highest BCUT2D eigenvalue weighted by Crippen LogP contribution is 2.56. The Bertz CT molecular complexity index is 2590. The van der Waals surface area contributed by atoms with E-state index in [9.17, 15) is 49.2 Å². The molecule has 0 aromatic heterocycles. The van der Waals surface area contributed by atoms with Crippen molar-refractivity contribution in [2.24, 2.45) is 0 Å². The number of rotatable bonds is 14. The molecule has 0 atom stereocenters. The molecular formula is C48H30O12. The second kappa shape index (κ2) is 16.8. The van der Waals surface area contributed by atoms with Crippen LogP contribution in [0, 0.1) is 0 Å². The Morgan fingerprint density at radius 1 is 0.300 bits per heavy atom. The van der Waals surface area contributed by atoms with Gasteiger partial charge in [-0.3, -0.25) is 9.59 Å². The Morgan fingerprint density at radius 2 is 0.467 bits per heavy atom. The van der Waals surface area contributed by atoms with Gasteiger partial charge in [-0.2, -0.15) is 0 Å². The lowest BCUT2D eigenvalue weighted by molar-refractivity contribution is -0.121. The number of hydrogen-bond acceptors (Lipinski definition) is 8. The first-order chi connectivity index (χ1) is 29.0. The van der Waals surface area contributed by atoms with Gasteiger partial charge in [0, 0.05) is 0 Å². The number of carbonyl (C=O) groups is 6. The van der Waals surface area contributed by atoms with Gasteiger partial charge in [0.05, 0.1) is 22.3 Å². The maximum Gasteiger partial charge on any atom is 0.335 e. The third-order valence-corrected chi connectivity index (χ3v) is 9.84. The summed E-state index contributed by atoms with van der Waals surface area (Å²) in [6.45, 7) is 0.585. The third-order valence-electron chi connectivity index (χ3n) is 9.84. The highest BCUT2D eigenvalue weighted by atomic mass is 16.5. The average Bonchev–Trinajstić information content (AvgIpc) is 3.26. The maximum atomic E-state index is 12.1. The fourth-order valence-corrected chi connectivity index (χ4v) is 7.11. The predicted molar refractivity (Wildman–Crippen MR) is 220 cm³/mol. The standard InChI is InChI=1S/C48H30O12/c49-25-59-37-21-17-31(18-22-37)43-41(29-5-13-35(14-6-29)47(55)56)39(27-1-9-33(10-2-27)45(51)52)40(28-3-11-34(12-4-28)46(53)54)42(30-7-15-36(16-8-30)48(57)58)44(43)32-19-23-38(24-20-32)60-26-50/h1-26H,(H,51,52)(H,53,54)(H,55,56)(H,57,58). The van der Waals surface area contributed by atoms with Crippen molar-refractivity contribution in [1.82, 2.24) is 0 Å². The van der Waals surface area contributed by atoms with E-state index >= 15 is 0 Å². The van der Waals surface area contributed by atoms with Crippen molar-refractivity contribution in [3.8, 4) is 78.3 Å². The van der Waals surface area contributed by atoms with Crippen molar-refractivity contribution in [2.75, 3.05) is 0 Å². The molecule has 12 heteroatoms. The Balaban J connectivity index is 1.78. The van der Waals surface area contributed by atoms with Crippen LogP contribution in [0.2, 0.25) is 0 Å². The van der Waals surface area contributed by atoms with Crippen LogP contribution in [0.1, 0.15) is 41.4 Å². The third kappa shape index (κ3) is 7.84. The van der Waals surface area contributed by atoms with E-state index in [1.807, 2.05) is 0 Å². The number of benzene rings is 7. The van der Waals surface area contributed by atoms with Gasteiger partial charge in [-0.1, -0.05) is 72.8 Å². The minimum atomic E-state index is -1.16. The quantitative estimate of drug-likeness (QED) is 0.0760. The van der Waals surface area contributed by atoms with Crippen LogP contribution in [0.5, 0.6) is 11.5 Å². The zero-order chi connectivity index (χ0) is 42.5. The zero-order valence-electron chi connectivity index (χ0n) is 31.1. The fraction of sp³-hybridized carbons (Fsp3) is 0. The second-order valence-electron chi connectivity index (χ2n) is 13.3. The Morgan fingerprint density at radius 3 is 0.617 bits per heavy atom. The van der Waals surface area contributed by atoms with Gasteiger partial charge in [0.1, 0.15) is 11.5 Å². The SMILES string of the molecule is O=COc1ccc(-c2c(-c3ccc(OC=O)cc3)c(-c3ccc(C(=O)O)cc3)c(-c3ccc(C(=O)O)cc3)c(-c3ccc(C(=O)O)cc3)c2-c2ccc(C(=O)O)cc2)cc1. The lowest BCUT2D eigenvalue weighted by Crippen LogP contribution is -2.04. The van der Waals surface area contributed by atoms with Crippen LogP contribution in [-0.4, -0.2) is 57.2 Å². The second-order valence-corrected chi connectivity index (χ2v) is 13.3. The summed E-state index contributed by atoms with van der Waals surface area (Å²) in [6, 6.07) is 38.0. The van der Waals surface area contributed by atoms with Gasteiger partial charge >= 0.3 is 23.9 Å². The largest absolute Gasteiger partial charge is 0.478 e. The van der Waals surface area contributed by atoms with Crippen molar-refractivity contribution in [3.63, 3.8) is 0 Å². The zero-order valence-corrected chi connectivity index (χ0v) is 31.1. The molecule has 0 amide bonds. The normalized spacial score (nSPS) is 10.7. The van der Waals surface area contributed by atoms with E-state index in [0.29, 0.717) is 79.7 Å². The minimum Gasteiger partial charge on any atom is -0.478 e. The van der Waals surface area contributed by atoms with Crippen LogP contribution in [0.4, 0.5) is 0 Å². The molecule has 294 valence electrons. The van der Waals surface area contributed by atoms with Crippen LogP contribution in [0.15, 0.2) is 146 Å². The van der Waals surface area contributed by atoms with Crippen molar-refractivity contribution < 1.29 is 58.7 Å². The molecule has 0 unspecified atom stereocenters. The lowest BCUT2D eigenvalue weighted by Gasteiger charge is -2.29. The van der Waals surface area contributed by atoms with Gasteiger partial charge in [-0.25, -0.2) is 19.2 Å². The monoisotopic (exact) mass is 798 g/mol. The predicted octanol–water partition coefficient (Wildman–Crippen LogP) is 9.55. The Kier molecular flexibility index (Phi) is 11.1. The molecule has 60 heavy (non-hydrogen) atoms. The van der Waals surface area contributed by atoms with E-state index < -0.39 is 23.9 Å². The summed E-state index contributed by atoms with van der Waals surface area (Å²) in [5, 5.41) is 39.5. The van der Waals surface area contributed by atoms with Crippen molar-refractivity contribution in [2.45, 2.75) is 0 Å². The molecule has 12 nitrogen and oxygen atoms in total.